The molecule has 1 heterocycles. The fraction of sp³-hybridized carbons (Fsp3) is 0.812. The smallest absolute Gasteiger partial charge is 0.243 e. The van der Waals surface area contributed by atoms with E-state index in [4.69, 9.17) is 0 Å². The summed E-state index contributed by atoms with van der Waals surface area (Å²) in [6.45, 7) is 7.70. The van der Waals surface area contributed by atoms with Gasteiger partial charge < -0.3 is 4.90 Å². The number of fused-ring (bicyclic) bond motifs is 1. The van der Waals surface area contributed by atoms with E-state index >= 15 is 0 Å². The second-order valence-electron chi connectivity index (χ2n) is 6.75. The first-order valence-corrected chi connectivity index (χ1v) is 8.01. The zero-order valence-corrected chi connectivity index (χ0v) is 13.5. The van der Waals surface area contributed by atoms with Crippen molar-refractivity contribution >= 4 is 17.7 Å². The van der Waals surface area contributed by atoms with Crippen molar-refractivity contribution in [3.8, 4) is 0 Å². The fourth-order valence-electron chi connectivity index (χ4n) is 3.78. The molecule has 0 unspecified atom stereocenters. The van der Waals surface area contributed by atoms with Gasteiger partial charge >= 0.3 is 0 Å². The van der Waals surface area contributed by atoms with Crippen molar-refractivity contribution in [2.45, 2.75) is 65.5 Å². The van der Waals surface area contributed by atoms with Gasteiger partial charge in [-0.3, -0.25) is 19.3 Å². The summed E-state index contributed by atoms with van der Waals surface area (Å²) in [5, 5.41) is 0. The predicted molar refractivity (Wildman–Crippen MR) is 79.3 cm³/mol. The molecule has 5 nitrogen and oxygen atoms in total. The Labute approximate surface area is 126 Å². The first-order valence-electron chi connectivity index (χ1n) is 8.01. The second kappa shape index (κ2) is 6.16. The van der Waals surface area contributed by atoms with Crippen molar-refractivity contribution in [1.29, 1.82) is 0 Å². The van der Waals surface area contributed by atoms with Gasteiger partial charge in [-0.25, -0.2) is 0 Å². The van der Waals surface area contributed by atoms with Crippen molar-refractivity contribution in [3.63, 3.8) is 0 Å². The molecule has 5 heteroatoms. The third kappa shape index (κ3) is 2.97. The maximum Gasteiger partial charge on any atom is 0.243 e. The molecule has 2 atom stereocenters. The monoisotopic (exact) mass is 294 g/mol. The summed E-state index contributed by atoms with van der Waals surface area (Å²) in [6.07, 6.45) is 3.59. The minimum absolute atomic E-state index is 0.0626. The van der Waals surface area contributed by atoms with Crippen molar-refractivity contribution < 1.29 is 14.4 Å². The molecule has 3 amide bonds. The van der Waals surface area contributed by atoms with Gasteiger partial charge in [0, 0.05) is 12.1 Å². The van der Waals surface area contributed by atoms with E-state index in [9.17, 15) is 14.4 Å². The number of imide groups is 1. The van der Waals surface area contributed by atoms with Crippen LogP contribution in [-0.4, -0.2) is 46.1 Å². The lowest BCUT2D eigenvalue weighted by Crippen LogP contribution is -2.48. The number of carbonyl (C=O) groups excluding carboxylic acids is 3. The number of hydrogen-bond acceptors (Lipinski definition) is 3. The van der Waals surface area contributed by atoms with E-state index in [1.165, 1.54) is 4.90 Å². The molecule has 2 fully saturated rings. The molecule has 0 aromatic rings. The highest BCUT2D eigenvalue weighted by Crippen LogP contribution is 2.37. The number of rotatable bonds is 4. The van der Waals surface area contributed by atoms with E-state index < -0.39 is 0 Å². The highest BCUT2D eigenvalue weighted by molar-refractivity contribution is 6.07. The Morgan fingerprint density at radius 1 is 1.05 bits per heavy atom. The molecule has 1 saturated carbocycles. The quantitative estimate of drug-likeness (QED) is 0.743. The first kappa shape index (κ1) is 16.0. The molecule has 0 N–H and O–H groups in total. The molecule has 118 valence electrons. The van der Waals surface area contributed by atoms with Gasteiger partial charge in [-0.15, -0.1) is 0 Å². The van der Waals surface area contributed by atoms with Gasteiger partial charge in [-0.05, 0) is 40.5 Å². The SMILES string of the molecule is CC(C)N(C(=O)CN1C(=O)[C@H]2CCCC[C@H]2C1=O)C(C)C. The minimum atomic E-state index is -0.175. The van der Waals surface area contributed by atoms with Crippen LogP contribution in [0.5, 0.6) is 0 Å². The summed E-state index contributed by atoms with van der Waals surface area (Å²) in [7, 11) is 0. The lowest BCUT2D eigenvalue weighted by molar-refractivity contribution is -0.148. The van der Waals surface area contributed by atoms with Crippen LogP contribution in [0.1, 0.15) is 53.4 Å². The lowest BCUT2D eigenvalue weighted by atomic mass is 9.81. The highest BCUT2D eigenvalue weighted by Gasteiger charge is 2.48. The third-order valence-corrected chi connectivity index (χ3v) is 4.63. The Balaban J connectivity index is 2.10. The van der Waals surface area contributed by atoms with Crippen molar-refractivity contribution in [2.75, 3.05) is 6.54 Å². The summed E-state index contributed by atoms with van der Waals surface area (Å²) in [6, 6.07) is 0.125. The summed E-state index contributed by atoms with van der Waals surface area (Å²) < 4.78 is 0. The molecule has 1 saturated heterocycles. The van der Waals surface area contributed by atoms with E-state index in [0.717, 1.165) is 25.7 Å². The molecular formula is C16H26N2O3. The van der Waals surface area contributed by atoms with Crippen LogP contribution in [0.25, 0.3) is 0 Å². The van der Waals surface area contributed by atoms with Crippen molar-refractivity contribution in [2.24, 2.45) is 11.8 Å². The van der Waals surface area contributed by atoms with E-state index in [1.54, 1.807) is 4.90 Å². The van der Waals surface area contributed by atoms with Crippen LogP contribution in [0, 0.1) is 11.8 Å². The van der Waals surface area contributed by atoms with Gasteiger partial charge in [0.25, 0.3) is 0 Å². The summed E-state index contributed by atoms with van der Waals surface area (Å²) >= 11 is 0. The van der Waals surface area contributed by atoms with Crippen LogP contribution >= 0.6 is 0 Å². The normalized spacial score (nSPS) is 25.7. The Bertz CT molecular complexity index is 413. The van der Waals surface area contributed by atoms with Gasteiger partial charge in [0.05, 0.1) is 11.8 Å². The zero-order chi connectivity index (χ0) is 15.7. The van der Waals surface area contributed by atoms with Crippen LogP contribution in [0.4, 0.5) is 0 Å². The number of carbonyl (C=O) groups is 3. The minimum Gasteiger partial charge on any atom is -0.336 e. The second-order valence-corrected chi connectivity index (χ2v) is 6.75. The molecule has 1 aliphatic carbocycles. The van der Waals surface area contributed by atoms with Gasteiger partial charge in [0.1, 0.15) is 6.54 Å². The van der Waals surface area contributed by atoms with Crippen LogP contribution in [-0.2, 0) is 14.4 Å². The predicted octanol–water partition coefficient (Wildman–Crippen LogP) is 1.81. The van der Waals surface area contributed by atoms with Gasteiger partial charge in [0.2, 0.25) is 17.7 Å². The lowest BCUT2D eigenvalue weighted by Gasteiger charge is -2.32. The van der Waals surface area contributed by atoms with E-state index in [1.807, 2.05) is 27.7 Å². The Hall–Kier alpha value is -1.39. The maximum absolute atomic E-state index is 12.5. The van der Waals surface area contributed by atoms with Gasteiger partial charge in [0.15, 0.2) is 0 Å². The third-order valence-electron chi connectivity index (χ3n) is 4.63. The van der Waals surface area contributed by atoms with Crippen LogP contribution < -0.4 is 0 Å². The highest BCUT2D eigenvalue weighted by atomic mass is 16.2. The van der Waals surface area contributed by atoms with Gasteiger partial charge in [-0.2, -0.15) is 0 Å². The number of amides is 3. The molecule has 2 rings (SSSR count). The average Bonchev–Trinajstić information content (AvgIpc) is 2.64. The molecular weight excluding hydrogens is 268 g/mol. The molecule has 0 spiro atoms. The van der Waals surface area contributed by atoms with E-state index in [0.29, 0.717) is 0 Å². The molecule has 0 aromatic heterocycles. The largest absolute Gasteiger partial charge is 0.336 e. The van der Waals surface area contributed by atoms with Crippen molar-refractivity contribution in [1.82, 2.24) is 9.80 Å². The molecule has 2 aliphatic rings. The number of likely N-dealkylation sites (tertiary alicyclic amines) is 1. The number of hydrogen-bond donors (Lipinski definition) is 0. The summed E-state index contributed by atoms with van der Waals surface area (Å²) in [4.78, 5) is 40.2. The Morgan fingerprint density at radius 3 is 1.86 bits per heavy atom. The maximum atomic E-state index is 12.5. The van der Waals surface area contributed by atoms with E-state index in [2.05, 4.69) is 0 Å². The van der Waals surface area contributed by atoms with Gasteiger partial charge in [-0.1, -0.05) is 12.8 Å². The standard InChI is InChI=1S/C16H26N2O3/c1-10(2)18(11(3)4)14(19)9-17-15(20)12-7-5-6-8-13(12)16(17)21/h10-13H,5-9H2,1-4H3/t12-,13+. The Morgan fingerprint density at radius 2 is 1.48 bits per heavy atom. The summed E-state index contributed by atoms with van der Waals surface area (Å²) in [5.41, 5.74) is 0. The van der Waals surface area contributed by atoms with Crippen molar-refractivity contribution in [3.05, 3.63) is 0 Å². The molecule has 21 heavy (non-hydrogen) atoms. The first-order chi connectivity index (χ1) is 9.84. The van der Waals surface area contributed by atoms with E-state index in [-0.39, 0.29) is 48.2 Å². The van der Waals surface area contributed by atoms with Crippen LogP contribution in [0.3, 0.4) is 0 Å². The topological polar surface area (TPSA) is 57.7 Å². The van der Waals surface area contributed by atoms with Crippen LogP contribution in [0.15, 0.2) is 0 Å². The average molecular weight is 294 g/mol. The molecule has 0 bridgehead atoms. The Kier molecular flexibility index (Phi) is 4.69. The zero-order valence-electron chi connectivity index (χ0n) is 13.5. The summed E-state index contributed by atoms with van der Waals surface area (Å²) in [5.74, 6) is -0.757. The molecule has 0 aromatic carbocycles. The fourth-order valence-corrected chi connectivity index (χ4v) is 3.78. The molecule has 0 radical (unpaired) electrons. The number of nitrogens with zero attached hydrogens (tertiary/aromatic N) is 2. The van der Waals surface area contributed by atoms with Crippen LogP contribution in [0.2, 0.25) is 0 Å². The molecule has 1 aliphatic heterocycles.